The Hall–Kier alpha value is -2.03. The molecule has 0 spiro atoms. The first kappa shape index (κ1) is 18.3. The van der Waals surface area contributed by atoms with E-state index in [1.807, 2.05) is 19.1 Å². The van der Waals surface area contributed by atoms with Gasteiger partial charge in [0.15, 0.2) is 0 Å². The van der Waals surface area contributed by atoms with Crippen molar-refractivity contribution < 1.29 is 14.6 Å². The fourth-order valence-electron chi connectivity index (χ4n) is 3.65. The highest BCUT2D eigenvalue weighted by Crippen LogP contribution is 2.44. The van der Waals surface area contributed by atoms with Crippen LogP contribution in [0.15, 0.2) is 35.9 Å². The van der Waals surface area contributed by atoms with Crippen LogP contribution in [0.4, 0.5) is 0 Å². The molecule has 1 N–H and O–H groups in total. The summed E-state index contributed by atoms with van der Waals surface area (Å²) in [6.07, 6.45) is 5.92. The molecular weight excluding hydrogens is 300 g/mol. The molecule has 0 aromatic heterocycles. The number of carbonyl (C=O) groups is 1. The van der Waals surface area contributed by atoms with Gasteiger partial charge in [0.2, 0.25) is 0 Å². The van der Waals surface area contributed by atoms with E-state index >= 15 is 0 Å². The number of esters is 1. The minimum Gasteiger partial charge on any atom is -0.507 e. The molecule has 0 aliphatic heterocycles. The van der Waals surface area contributed by atoms with Gasteiger partial charge in [-0.15, -0.1) is 0 Å². The lowest BCUT2D eigenvalue weighted by Gasteiger charge is -2.31. The van der Waals surface area contributed by atoms with Gasteiger partial charge in [-0.3, -0.25) is 0 Å². The van der Waals surface area contributed by atoms with Gasteiger partial charge >= 0.3 is 5.97 Å². The van der Waals surface area contributed by atoms with Crippen molar-refractivity contribution in [2.24, 2.45) is 5.92 Å². The van der Waals surface area contributed by atoms with Gasteiger partial charge in [-0.05, 0) is 44.6 Å². The molecule has 0 bridgehead atoms. The number of carbonyl (C=O) groups excluding carboxylic acids is 1. The van der Waals surface area contributed by atoms with E-state index in [2.05, 4.69) is 26.5 Å². The molecule has 1 aliphatic carbocycles. The molecule has 1 aromatic rings. The number of rotatable bonds is 5. The van der Waals surface area contributed by atoms with Gasteiger partial charge in [0, 0.05) is 11.5 Å². The monoisotopic (exact) mass is 328 g/mol. The number of hydrogen-bond donors (Lipinski definition) is 1. The average molecular weight is 328 g/mol. The molecule has 1 aromatic carbocycles. The van der Waals surface area contributed by atoms with Crippen molar-refractivity contribution in [3.8, 4) is 5.75 Å². The normalized spacial score (nSPS) is 20.4. The summed E-state index contributed by atoms with van der Waals surface area (Å²) in [6, 6.07) is 3.92. The van der Waals surface area contributed by atoms with Gasteiger partial charge in [0.25, 0.3) is 0 Å². The summed E-state index contributed by atoms with van der Waals surface area (Å²) in [5, 5.41) is 10.9. The second-order valence-electron chi connectivity index (χ2n) is 6.81. The molecule has 0 unspecified atom stereocenters. The van der Waals surface area contributed by atoms with E-state index in [1.165, 1.54) is 12.7 Å². The Morgan fingerprint density at radius 1 is 1.42 bits per heavy atom. The van der Waals surface area contributed by atoms with Gasteiger partial charge in [0.1, 0.15) is 11.3 Å². The minimum absolute atomic E-state index is 0.0512. The predicted molar refractivity (Wildman–Crippen MR) is 97.5 cm³/mol. The van der Waals surface area contributed by atoms with Crippen molar-refractivity contribution in [2.75, 3.05) is 7.11 Å². The summed E-state index contributed by atoms with van der Waals surface area (Å²) in [5.41, 5.74) is 4.37. The zero-order chi connectivity index (χ0) is 17.9. The van der Waals surface area contributed by atoms with Crippen molar-refractivity contribution in [3.63, 3.8) is 0 Å². The van der Waals surface area contributed by atoms with E-state index in [9.17, 15) is 9.90 Å². The molecule has 0 amide bonds. The molecule has 130 valence electrons. The summed E-state index contributed by atoms with van der Waals surface area (Å²) in [7, 11) is 1.35. The second kappa shape index (κ2) is 7.69. The molecule has 1 aliphatic rings. The third kappa shape index (κ3) is 3.55. The second-order valence-corrected chi connectivity index (χ2v) is 6.81. The zero-order valence-corrected chi connectivity index (χ0v) is 15.2. The van der Waals surface area contributed by atoms with E-state index in [-0.39, 0.29) is 17.6 Å². The maximum Gasteiger partial charge on any atom is 0.341 e. The molecule has 0 saturated carbocycles. The third-order valence-electron chi connectivity index (χ3n) is 4.94. The largest absolute Gasteiger partial charge is 0.507 e. The Bertz CT molecular complexity index is 670. The molecule has 0 radical (unpaired) electrons. The molecule has 3 nitrogen and oxygen atoms in total. The Morgan fingerprint density at radius 2 is 2.12 bits per heavy atom. The van der Waals surface area contributed by atoms with Crippen LogP contribution in [0, 0.1) is 5.92 Å². The molecule has 0 heterocycles. The number of ether oxygens (including phenoxy) is 1. The number of aryl methyl sites for hydroxylation is 1. The SMILES string of the molecule is C=C(C)[C@@H]1CCC(C)=C[C@H]1c1ccc(CCC)c(C(=O)OC)c1O. The van der Waals surface area contributed by atoms with Crippen molar-refractivity contribution in [2.45, 2.75) is 52.4 Å². The lowest BCUT2D eigenvalue weighted by atomic mass is 9.73. The van der Waals surface area contributed by atoms with Crippen LogP contribution in [0.1, 0.15) is 67.4 Å². The average Bonchev–Trinajstić information content (AvgIpc) is 2.54. The summed E-state index contributed by atoms with van der Waals surface area (Å²) in [4.78, 5) is 12.2. The lowest BCUT2D eigenvalue weighted by Crippen LogP contribution is -2.18. The van der Waals surface area contributed by atoms with Gasteiger partial charge < -0.3 is 9.84 Å². The summed E-state index contributed by atoms with van der Waals surface area (Å²) < 4.78 is 4.91. The highest BCUT2D eigenvalue weighted by atomic mass is 16.5. The first-order valence-corrected chi connectivity index (χ1v) is 8.66. The fourth-order valence-corrected chi connectivity index (χ4v) is 3.65. The van der Waals surface area contributed by atoms with Crippen LogP contribution in [-0.2, 0) is 11.2 Å². The summed E-state index contributed by atoms with van der Waals surface area (Å²) in [6.45, 7) is 10.3. The predicted octanol–water partition coefficient (Wildman–Crippen LogP) is 5.15. The van der Waals surface area contributed by atoms with E-state index in [0.717, 1.165) is 42.4 Å². The number of phenolic OH excluding ortho intramolecular Hbond substituents is 1. The Labute approximate surface area is 145 Å². The van der Waals surface area contributed by atoms with Crippen LogP contribution >= 0.6 is 0 Å². The Balaban J connectivity index is 2.59. The maximum atomic E-state index is 12.2. The van der Waals surface area contributed by atoms with Crippen molar-refractivity contribution in [3.05, 3.63) is 52.6 Å². The standard InChI is InChI=1S/C21H28O3/c1-6-7-15-9-11-17(20(22)19(15)21(23)24-5)18-12-14(4)8-10-16(18)13(2)3/h9,11-12,16,18,22H,2,6-8,10H2,1,3-5H3/t16-,18+/m0/s1. The molecule has 2 atom stereocenters. The van der Waals surface area contributed by atoms with Crippen LogP contribution in [0.3, 0.4) is 0 Å². The van der Waals surface area contributed by atoms with Crippen molar-refractivity contribution in [1.29, 1.82) is 0 Å². The number of hydrogen-bond acceptors (Lipinski definition) is 3. The van der Waals surface area contributed by atoms with Gasteiger partial charge in [0.05, 0.1) is 7.11 Å². The minimum atomic E-state index is -0.471. The number of allylic oxidation sites excluding steroid dienone is 3. The van der Waals surface area contributed by atoms with Crippen LogP contribution in [0.2, 0.25) is 0 Å². The van der Waals surface area contributed by atoms with E-state index < -0.39 is 5.97 Å². The van der Waals surface area contributed by atoms with Crippen LogP contribution in [-0.4, -0.2) is 18.2 Å². The van der Waals surface area contributed by atoms with Crippen LogP contribution in [0.25, 0.3) is 0 Å². The zero-order valence-electron chi connectivity index (χ0n) is 15.2. The maximum absolute atomic E-state index is 12.2. The lowest BCUT2D eigenvalue weighted by molar-refractivity contribution is 0.0596. The van der Waals surface area contributed by atoms with Gasteiger partial charge in [-0.1, -0.05) is 49.3 Å². The summed E-state index contributed by atoms with van der Waals surface area (Å²) in [5.74, 6) is -0.0753. The fraction of sp³-hybridized carbons (Fsp3) is 0.476. The molecule has 0 fully saturated rings. The smallest absolute Gasteiger partial charge is 0.341 e. The van der Waals surface area contributed by atoms with Crippen LogP contribution in [0.5, 0.6) is 5.75 Å². The number of phenols is 1. The molecule has 0 saturated heterocycles. The molecule has 24 heavy (non-hydrogen) atoms. The van der Waals surface area contributed by atoms with E-state index in [4.69, 9.17) is 4.74 Å². The third-order valence-corrected chi connectivity index (χ3v) is 4.94. The van der Waals surface area contributed by atoms with E-state index in [1.54, 1.807) is 0 Å². The Morgan fingerprint density at radius 3 is 2.71 bits per heavy atom. The molecule has 2 rings (SSSR count). The number of aromatic hydroxyl groups is 1. The quantitative estimate of drug-likeness (QED) is 0.601. The van der Waals surface area contributed by atoms with E-state index in [0.29, 0.717) is 5.56 Å². The topological polar surface area (TPSA) is 46.5 Å². The first-order chi connectivity index (χ1) is 11.4. The number of methoxy groups -OCH3 is 1. The first-order valence-electron chi connectivity index (χ1n) is 8.66. The molecular formula is C21H28O3. The van der Waals surface area contributed by atoms with Gasteiger partial charge in [-0.25, -0.2) is 4.79 Å². The highest BCUT2D eigenvalue weighted by Gasteiger charge is 2.30. The number of benzene rings is 1. The molecule has 3 heteroatoms. The van der Waals surface area contributed by atoms with Crippen molar-refractivity contribution >= 4 is 5.97 Å². The highest BCUT2D eigenvalue weighted by molar-refractivity contribution is 5.94. The summed E-state index contributed by atoms with van der Waals surface area (Å²) >= 11 is 0. The van der Waals surface area contributed by atoms with Crippen molar-refractivity contribution in [1.82, 2.24) is 0 Å². The Kier molecular flexibility index (Phi) is 5.87. The van der Waals surface area contributed by atoms with Crippen LogP contribution < -0.4 is 0 Å². The van der Waals surface area contributed by atoms with Gasteiger partial charge in [-0.2, -0.15) is 0 Å².